The van der Waals surface area contributed by atoms with Gasteiger partial charge >= 0.3 is 6.03 Å². The number of rotatable bonds is 5. The summed E-state index contributed by atoms with van der Waals surface area (Å²) in [6, 6.07) is 9.79. The van der Waals surface area contributed by atoms with Crippen LogP contribution in [0.25, 0.3) is 10.6 Å². The van der Waals surface area contributed by atoms with Crippen LogP contribution in [0.1, 0.15) is 12.6 Å². The van der Waals surface area contributed by atoms with Crippen LogP contribution in [0.2, 0.25) is 0 Å². The molecule has 0 saturated heterocycles. The second-order valence-electron chi connectivity index (χ2n) is 4.50. The summed E-state index contributed by atoms with van der Waals surface area (Å²) in [5.41, 5.74) is 2.87. The van der Waals surface area contributed by atoms with Crippen molar-refractivity contribution in [1.82, 2.24) is 15.6 Å². The zero-order chi connectivity index (χ0) is 14.4. The van der Waals surface area contributed by atoms with Gasteiger partial charge in [0, 0.05) is 17.5 Å². The van der Waals surface area contributed by atoms with Gasteiger partial charge in [0.1, 0.15) is 5.01 Å². The molecule has 0 saturated carbocycles. The number of benzene rings is 1. The Bertz CT molecular complexity index is 592. The number of nitrogens with zero attached hydrogens (tertiary/aromatic N) is 1. The molecule has 1 aromatic heterocycles. The van der Waals surface area contributed by atoms with Gasteiger partial charge in [-0.2, -0.15) is 0 Å². The van der Waals surface area contributed by atoms with E-state index in [4.69, 9.17) is 0 Å². The summed E-state index contributed by atoms with van der Waals surface area (Å²) < 4.78 is 0. The van der Waals surface area contributed by atoms with Crippen molar-refractivity contribution in [2.24, 2.45) is 0 Å². The molecule has 20 heavy (non-hydrogen) atoms. The second-order valence-corrected chi connectivity index (χ2v) is 5.36. The van der Waals surface area contributed by atoms with E-state index in [9.17, 15) is 4.79 Å². The lowest BCUT2D eigenvalue weighted by Crippen LogP contribution is -2.35. The minimum Gasteiger partial charge on any atom is -0.334 e. The molecule has 0 unspecified atom stereocenters. The quantitative estimate of drug-likeness (QED) is 0.830. The maximum Gasteiger partial charge on any atom is 0.315 e. The first-order valence-corrected chi connectivity index (χ1v) is 7.19. The van der Waals surface area contributed by atoms with E-state index in [1.165, 1.54) is 0 Å². The van der Waals surface area contributed by atoms with Gasteiger partial charge in [0.15, 0.2) is 0 Å². The highest BCUT2D eigenvalue weighted by Crippen LogP contribution is 2.22. The number of carbonyl (C=O) groups is 1. The first-order valence-electron chi connectivity index (χ1n) is 6.31. The summed E-state index contributed by atoms with van der Waals surface area (Å²) in [5, 5.41) is 8.41. The van der Waals surface area contributed by atoms with Crippen LogP contribution in [0.3, 0.4) is 0 Å². The molecular weight excluding hydrogens is 270 g/mol. The molecule has 2 N–H and O–H groups in total. The summed E-state index contributed by atoms with van der Waals surface area (Å²) in [4.78, 5) is 16.0. The molecule has 0 aliphatic heterocycles. The van der Waals surface area contributed by atoms with Gasteiger partial charge in [-0.1, -0.05) is 42.5 Å². The van der Waals surface area contributed by atoms with Gasteiger partial charge in [0.25, 0.3) is 0 Å². The van der Waals surface area contributed by atoms with E-state index in [0.717, 1.165) is 21.8 Å². The number of hydrogen-bond donors (Lipinski definition) is 2. The number of thiazole rings is 1. The smallest absolute Gasteiger partial charge is 0.315 e. The Balaban J connectivity index is 1.87. The third-order valence-electron chi connectivity index (χ3n) is 2.55. The molecule has 4 nitrogen and oxygen atoms in total. The van der Waals surface area contributed by atoms with E-state index in [1.54, 1.807) is 11.3 Å². The van der Waals surface area contributed by atoms with Crippen LogP contribution in [0.5, 0.6) is 0 Å². The van der Waals surface area contributed by atoms with Crippen LogP contribution in [-0.4, -0.2) is 17.6 Å². The minimum absolute atomic E-state index is 0.206. The molecule has 2 aromatic rings. The van der Waals surface area contributed by atoms with Gasteiger partial charge in [-0.3, -0.25) is 0 Å². The number of amides is 2. The molecule has 2 amide bonds. The predicted octanol–water partition coefficient (Wildman–Crippen LogP) is 3.19. The largest absolute Gasteiger partial charge is 0.334 e. The topological polar surface area (TPSA) is 54.0 Å². The maximum atomic E-state index is 11.5. The Hall–Kier alpha value is -2.14. The van der Waals surface area contributed by atoms with Crippen LogP contribution in [-0.2, 0) is 6.54 Å². The minimum atomic E-state index is -0.206. The Kier molecular flexibility index (Phi) is 4.90. The lowest BCUT2D eigenvalue weighted by atomic mass is 10.2. The van der Waals surface area contributed by atoms with E-state index in [1.807, 2.05) is 42.6 Å². The molecule has 0 atom stereocenters. The zero-order valence-corrected chi connectivity index (χ0v) is 12.2. The van der Waals surface area contributed by atoms with E-state index < -0.39 is 0 Å². The van der Waals surface area contributed by atoms with Crippen molar-refractivity contribution < 1.29 is 4.79 Å². The normalized spacial score (nSPS) is 10.1. The number of aromatic nitrogens is 1. The van der Waals surface area contributed by atoms with Gasteiger partial charge in [0.05, 0.1) is 12.2 Å². The van der Waals surface area contributed by atoms with Crippen molar-refractivity contribution in [2.75, 3.05) is 6.54 Å². The average Bonchev–Trinajstić information content (AvgIpc) is 2.93. The Morgan fingerprint density at radius 2 is 2.05 bits per heavy atom. The van der Waals surface area contributed by atoms with Gasteiger partial charge in [-0.25, -0.2) is 9.78 Å². The monoisotopic (exact) mass is 287 g/mol. The highest BCUT2D eigenvalue weighted by molar-refractivity contribution is 7.13. The highest BCUT2D eigenvalue weighted by Gasteiger charge is 2.05. The fourth-order valence-corrected chi connectivity index (χ4v) is 2.39. The van der Waals surface area contributed by atoms with Gasteiger partial charge in [-0.05, 0) is 6.92 Å². The lowest BCUT2D eigenvalue weighted by Gasteiger charge is -2.05. The zero-order valence-electron chi connectivity index (χ0n) is 11.3. The molecular formula is C15H17N3OS. The fraction of sp³-hybridized carbons (Fsp3) is 0.200. The summed E-state index contributed by atoms with van der Waals surface area (Å²) in [6.07, 6.45) is 0. The molecule has 104 valence electrons. The molecule has 2 rings (SSSR count). The third-order valence-corrected chi connectivity index (χ3v) is 3.49. The summed E-state index contributed by atoms with van der Waals surface area (Å²) in [6.45, 7) is 6.50. The highest BCUT2D eigenvalue weighted by atomic mass is 32.1. The predicted molar refractivity (Wildman–Crippen MR) is 82.6 cm³/mol. The molecule has 1 heterocycles. The van der Waals surface area contributed by atoms with Crippen molar-refractivity contribution >= 4 is 17.4 Å². The fourth-order valence-electron chi connectivity index (χ4n) is 1.57. The standard InChI is InChI=1S/C15H17N3OS/c1-11(2)8-16-15(19)17-9-13-10-20-14(18-13)12-6-4-3-5-7-12/h3-7,10H,1,8-9H2,2H3,(H2,16,17,19). The van der Waals surface area contributed by atoms with Crippen LogP contribution >= 0.6 is 11.3 Å². The summed E-state index contributed by atoms with van der Waals surface area (Å²) in [5.74, 6) is 0. The average molecular weight is 287 g/mol. The molecule has 0 bridgehead atoms. The molecule has 0 radical (unpaired) electrons. The Labute approximate surface area is 122 Å². The van der Waals surface area contributed by atoms with E-state index >= 15 is 0 Å². The number of hydrogen-bond acceptors (Lipinski definition) is 3. The Morgan fingerprint density at radius 3 is 2.75 bits per heavy atom. The molecule has 0 aliphatic carbocycles. The van der Waals surface area contributed by atoms with E-state index in [-0.39, 0.29) is 6.03 Å². The first-order chi connectivity index (χ1) is 9.65. The van der Waals surface area contributed by atoms with Crippen LogP contribution in [0.15, 0.2) is 47.9 Å². The molecule has 1 aromatic carbocycles. The number of nitrogens with one attached hydrogen (secondary N) is 2. The summed E-state index contributed by atoms with van der Waals surface area (Å²) in [7, 11) is 0. The van der Waals surface area contributed by atoms with Crippen molar-refractivity contribution in [2.45, 2.75) is 13.5 Å². The lowest BCUT2D eigenvalue weighted by molar-refractivity contribution is 0.241. The van der Waals surface area contributed by atoms with Crippen molar-refractivity contribution in [1.29, 1.82) is 0 Å². The van der Waals surface area contributed by atoms with E-state index in [2.05, 4.69) is 22.2 Å². The molecule has 5 heteroatoms. The van der Waals surface area contributed by atoms with Crippen LogP contribution in [0, 0.1) is 0 Å². The maximum absolute atomic E-state index is 11.5. The van der Waals surface area contributed by atoms with Gasteiger partial charge in [-0.15, -0.1) is 11.3 Å². The van der Waals surface area contributed by atoms with Crippen LogP contribution in [0.4, 0.5) is 4.79 Å². The third kappa shape index (κ3) is 4.20. The van der Waals surface area contributed by atoms with E-state index in [0.29, 0.717) is 13.1 Å². The van der Waals surface area contributed by atoms with Gasteiger partial charge < -0.3 is 10.6 Å². The first kappa shape index (κ1) is 14.3. The van der Waals surface area contributed by atoms with Crippen molar-refractivity contribution in [3.8, 4) is 10.6 Å². The number of urea groups is 1. The van der Waals surface area contributed by atoms with Gasteiger partial charge in [0.2, 0.25) is 0 Å². The van der Waals surface area contributed by atoms with Crippen LogP contribution < -0.4 is 10.6 Å². The SMILES string of the molecule is C=C(C)CNC(=O)NCc1csc(-c2ccccc2)n1. The number of carbonyl (C=O) groups excluding carboxylic acids is 1. The van der Waals surface area contributed by atoms with Crippen molar-refractivity contribution in [3.63, 3.8) is 0 Å². The molecule has 0 aliphatic rings. The summed E-state index contributed by atoms with van der Waals surface area (Å²) >= 11 is 1.58. The Morgan fingerprint density at radius 1 is 1.30 bits per heavy atom. The second kappa shape index (κ2) is 6.86. The van der Waals surface area contributed by atoms with Crippen molar-refractivity contribution in [3.05, 3.63) is 53.6 Å². The molecule has 0 spiro atoms. The molecule has 0 fully saturated rings.